The van der Waals surface area contributed by atoms with Gasteiger partial charge in [0.2, 0.25) is 0 Å². The van der Waals surface area contributed by atoms with E-state index in [0.29, 0.717) is 11.1 Å². The minimum absolute atomic E-state index is 0.0301. The number of rotatable bonds is 4. The summed E-state index contributed by atoms with van der Waals surface area (Å²) in [4.78, 5) is 0. The molecule has 0 saturated carbocycles. The fourth-order valence-corrected chi connectivity index (χ4v) is 3.45. The molecule has 0 fully saturated rings. The van der Waals surface area contributed by atoms with Crippen LogP contribution in [0.15, 0.2) is 42.5 Å². The zero-order valence-corrected chi connectivity index (χ0v) is 12.7. The Morgan fingerprint density at radius 1 is 1.05 bits per heavy atom. The molecule has 0 aromatic heterocycles. The van der Waals surface area contributed by atoms with Crippen LogP contribution in [-0.2, 0) is 28.5 Å². The standard InChI is InChI=1S/C15H11ClF4OS/c16-14-7-13(17)5-4-11(14)9-22(21)8-10-2-1-3-12(6-10)15(18,19)20/h1-7H,8-9H2/t22-/m0/s1. The maximum Gasteiger partial charge on any atom is 0.416 e. The first-order valence-electron chi connectivity index (χ1n) is 6.21. The van der Waals surface area contributed by atoms with Crippen LogP contribution < -0.4 is 0 Å². The van der Waals surface area contributed by atoms with Gasteiger partial charge in [-0.25, -0.2) is 4.39 Å². The van der Waals surface area contributed by atoms with Gasteiger partial charge >= 0.3 is 6.18 Å². The molecule has 22 heavy (non-hydrogen) atoms. The summed E-state index contributed by atoms with van der Waals surface area (Å²) in [6, 6.07) is 8.43. The molecule has 7 heteroatoms. The van der Waals surface area contributed by atoms with Crippen LogP contribution >= 0.6 is 11.6 Å². The molecule has 0 unspecified atom stereocenters. The minimum atomic E-state index is -4.43. The molecule has 2 aromatic carbocycles. The van der Waals surface area contributed by atoms with Crippen molar-refractivity contribution in [3.8, 4) is 0 Å². The van der Waals surface area contributed by atoms with Crippen molar-refractivity contribution < 1.29 is 21.8 Å². The second-order valence-corrected chi connectivity index (χ2v) is 6.53. The van der Waals surface area contributed by atoms with Crippen LogP contribution in [0.1, 0.15) is 16.7 Å². The first-order chi connectivity index (χ1) is 10.3. The average molecular weight is 351 g/mol. The quantitative estimate of drug-likeness (QED) is 0.713. The van der Waals surface area contributed by atoms with Crippen LogP contribution in [0.3, 0.4) is 0 Å². The molecule has 0 aliphatic carbocycles. The van der Waals surface area contributed by atoms with E-state index in [1.807, 2.05) is 0 Å². The second kappa shape index (κ2) is 6.79. The molecule has 0 heterocycles. The van der Waals surface area contributed by atoms with Crippen molar-refractivity contribution >= 4 is 22.4 Å². The maximum absolute atomic E-state index is 12.9. The number of benzene rings is 2. The van der Waals surface area contributed by atoms with Crippen molar-refractivity contribution in [3.05, 3.63) is 70.0 Å². The Balaban J connectivity index is 2.09. The Labute approximate surface area is 132 Å². The minimum Gasteiger partial charge on any atom is -0.259 e. The molecule has 2 rings (SSSR count). The van der Waals surface area contributed by atoms with Gasteiger partial charge in [-0.3, -0.25) is 4.21 Å². The van der Waals surface area contributed by atoms with E-state index in [1.165, 1.54) is 24.3 Å². The summed E-state index contributed by atoms with van der Waals surface area (Å²) in [7, 11) is -1.45. The predicted octanol–water partition coefficient (Wildman–Crippen LogP) is 4.95. The van der Waals surface area contributed by atoms with E-state index in [0.717, 1.165) is 18.2 Å². The molecular formula is C15H11ClF4OS. The molecule has 0 aliphatic rings. The van der Waals surface area contributed by atoms with Gasteiger partial charge in [-0.05, 0) is 29.3 Å². The lowest BCUT2D eigenvalue weighted by Gasteiger charge is -2.09. The zero-order valence-electron chi connectivity index (χ0n) is 11.2. The van der Waals surface area contributed by atoms with E-state index in [9.17, 15) is 21.8 Å². The van der Waals surface area contributed by atoms with Gasteiger partial charge in [0.25, 0.3) is 0 Å². The third-order valence-corrected chi connectivity index (χ3v) is 4.55. The molecular weight excluding hydrogens is 340 g/mol. The lowest BCUT2D eigenvalue weighted by atomic mass is 10.1. The lowest BCUT2D eigenvalue weighted by molar-refractivity contribution is -0.137. The molecule has 2 aromatic rings. The molecule has 118 valence electrons. The SMILES string of the molecule is O=[S@@](Cc1cccc(C(F)(F)F)c1)Cc1ccc(F)cc1Cl. The van der Waals surface area contributed by atoms with Gasteiger partial charge in [0.15, 0.2) is 0 Å². The normalized spacial score (nSPS) is 13.1. The largest absolute Gasteiger partial charge is 0.416 e. The number of alkyl halides is 3. The van der Waals surface area contributed by atoms with Crippen LogP contribution in [0.5, 0.6) is 0 Å². The monoisotopic (exact) mass is 350 g/mol. The Morgan fingerprint density at radius 3 is 2.41 bits per heavy atom. The summed E-state index contributed by atoms with van der Waals surface area (Å²) in [6.07, 6.45) is -4.43. The molecule has 0 aliphatic heterocycles. The van der Waals surface area contributed by atoms with E-state index < -0.39 is 28.4 Å². The van der Waals surface area contributed by atoms with Gasteiger partial charge in [0, 0.05) is 21.6 Å². The van der Waals surface area contributed by atoms with E-state index in [4.69, 9.17) is 11.6 Å². The highest BCUT2D eigenvalue weighted by Gasteiger charge is 2.30. The van der Waals surface area contributed by atoms with Gasteiger partial charge in [0.1, 0.15) is 5.82 Å². The van der Waals surface area contributed by atoms with E-state index in [1.54, 1.807) is 0 Å². The first kappa shape index (κ1) is 17.0. The fraction of sp³-hybridized carbons (Fsp3) is 0.200. The number of hydrogen-bond acceptors (Lipinski definition) is 1. The highest BCUT2D eigenvalue weighted by Crippen LogP contribution is 2.30. The maximum atomic E-state index is 12.9. The molecule has 0 bridgehead atoms. The Hall–Kier alpha value is -1.40. The summed E-state index contributed by atoms with van der Waals surface area (Å²) in [6.45, 7) is 0. The Morgan fingerprint density at radius 2 is 1.77 bits per heavy atom. The van der Waals surface area contributed by atoms with Gasteiger partial charge in [-0.15, -0.1) is 0 Å². The van der Waals surface area contributed by atoms with Crippen molar-refractivity contribution in [2.75, 3.05) is 0 Å². The van der Waals surface area contributed by atoms with Crippen LogP contribution in [0.25, 0.3) is 0 Å². The van der Waals surface area contributed by atoms with Crippen molar-refractivity contribution in [1.29, 1.82) is 0 Å². The van der Waals surface area contributed by atoms with Gasteiger partial charge in [-0.2, -0.15) is 13.2 Å². The summed E-state index contributed by atoms with van der Waals surface area (Å²) >= 11 is 5.84. The topological polar surface area (TPSA) is 17.1 Å². The first-order valence-corrected chi connectivity index (χ1v) is 8.07. The molecule has 1 atom stereocenters. The molecule has 0 saturated heterocycles. The predicted molar refractivity (Wildman–Crippen MR) is 78.4 cm³/mol. The molecule has 0 spiro atoms. The molecule has 0 N–H and O–H groups in total. The average Bonchev–Trinajstić information content (AvgIpc) is 2.41. The van der Waals surface area contributed by atoms with Crippen molar-refractivity contribution in [1.82, 2.24) is 0 Å². The van der Waals surface area contributed by atoms with Crippen LogP contribution in [0, 0.1) is 5.82 Å². The summed E-state index contributed by atoms with van der Waals surface area (Å²) in [5, 5.41) is 0.150. The van der Waals surface area contributed by atoms with Crippen LogP contribution in [0.2, 0.25) is 5.02 Å². The van der Waals surface area contributed by atoms with Crippen molar-refractivity contribution in [2.45, 2.75) is 17.7 Å². The van der Waals surface area contributed by atoms with E-state index in [-0.39, 0.29) is 16.5 Å². The van der Waals surface area contributed by atoms with Crippen molar-refractivity contribution in [3.63, 3.8) is 0 Å². The summed E-state index contributed by atoms with van der Waals surface area (Å²) in [5.41, 5.74) is 0.0431. The van der Waals surface area contributed by atoms with Gasteiger partial charge < -0.3 is 0 Å². The number of hydrogen-bond donors (Lipinski definition) is 0. The van der Waals surface area contributed by atoms with E-state index in [2.05, 4.69) is 0 Å². The van der Waals surface area contributed by atoms with Crippen molar-refractivity contribution in [2.24, 2.45) is 0 Å². The van der Waals surface area contributed by atoms with Crippen LogP contribution in [-0.4, -0.2) is 4.21 Å². The zero-order chi connectivity index (χ0) is 16.3. The highest BCUT2D eigenvalue weighted by atomic mass is 35.5. The Bertz CT molecular complexity index is 700. The van der Waals surface area contributed by atoms with Gasteiger partial charge in [0.05, 0.1) is 11.3 Å². The number of halogens is 5. The molecule has 0 radical (unpaired) electrons. The molecule has 0 amide bonds. The lowest BCUT2D eigenvalue weighted by Crippen LogP contribution is -2.06. The highest BCUT2D eigenvalue weighted by molar-refractivity contribution is 7.83. The fourth-order valence-electron chi connectivity index (χ4n) is 1.89. The van der Waals surface area contributed by atoms with E-state index >= 15 is 0 Å². The smallest absolute Gasteiger partial charge is 0.259 e. The van der Waals surface area contributed by atoms with Crippen LogP contribution in [0.4, 0.5) is 17.6 Å². The summed E-state index contributed by atoms with van der Waals surface area (Å²) in [5.74, 6) is -0.482. The second-order valence-electron chi connectivity index (χ2n) is 4.66. The molecule has 1 nitrogen and oxygen atoms in total. The third kappa shape index (κ3) is 4.55. The summed E-state index contributed by atoms with van der Waals surface area (Å²) < 4.78 is 62.8. The van der Waals surface area contributed by atoms with Gasteiger partial charge in [-0.1, -0.05) is 35.9 Å². The Kier molecular flexibility index (Phi) is 5.24. The third-order valence-electron chi connectivity index (χ3n) is 2.91.